The van der Waals surface area contributed by atoms with Crippen molar-refractivity contribution in [1.82, 2.24) is 5.16 Å². The molecule has 1 N–H and O–H groups in total. The van der Waals surface area contributed by atoms with Gasteiger partial charge in [0.1, 0.15) is 0 Å². The first-order chi connectivity index (χ1) is 9.63. The van der Waals surface area contributed by atoms with Gasteiger partial charge in [-0.3, -0.25) is 10.1 Å². The van der Waals surface area contributed by atoms with E-state index in [9.17, 15) is 4.79 Å². The first-order valence-corrected chi connectivity index (χ1v) is 7.05. The van der Waals surface area contributed by atoms with E-state index in [1.54, 1.807) is 24.3 Å². The van der Waals surface area contributed by atoms with E-state index in [2.05, 4.69) is 17.4 Å². The van der Waals surface area contributed by atoms with E-state index in [1.807, 2.05) is 0 Å². The fraction of sp³-hybridized carbons (Fsp3) is 0.333. The third kappa shape index (κ3) is 2.56. The number of rotatable bonds is 2. The van der Waals surface area contributed by atoms with Gasteiger partial charge in [0.25, 0.3) is 5.91 Å². The normalized spacial score (nSPS) is 17.6. The molecule has 1 atom stereocenters. The van der Waals surface area contributed by atoms with Crippen LogP contribution in [0.5, 0.6) is 0 Å². The van der Waals surface area contributed by atoms with E-state index in [0.29, 0.717) is 22.4 Å². The Morgan fingerprint density at radius 3 is 3.15 bits per heavy atom. The van der Waals surface area contributed by atoms with Crippen molar-refractivity contribution in [3.05, 3.63) is 46.1 Å². The van der Waals surface area contributed by atoms with Crippen molar-refractivity contribution in [1.29, 1.82) is 0 Å². The Hall–Kier alpha value is -1.81. The second kappa shape index (κ2) is 5.29. The maximum Gasteiger partial charge on any atom is 0.258 e. The molecule has 1 aromatic carbocycles. The quantitative estimate of drug-likeness (QED) is 0.917. The van der Waals surface area contributed by atoms with Crippen LogP contribution in [0, 0.1) is 5.92 Å². The van der Waals surface area contributed by atoms with E-state index in [-0.39, 0.29) is 5.91 Å². The first kappa shape index (κ1) is 13.2. The van der Waals surface area contributed by atoms with E-state index in [4.69, 9.17) is 16.1 Å². The molecule has 4 nitrogen and oxygen atoms in total. The number of hydrogen-bond donors (Lipinski definition) is 1. The Bertz CT molecular complexity index is 651. The predicted octanol–water partition coefficient (Wildman–Crippen LogP) is 3.71. The minimum Gasteiger partial charge on any atom is -0.338 e. The number of aromatic nitrogens is 1. The zero-order chi connectivity index (χ0) is 14.1. The summed E-state index contributed by atoms with van der Waals surface area (Å²) in [6.45, 7) is 2.19. The molecule has 5 heteroatoms. The topological polar surface area (TPSA) is 55.1 Å². The van der Waals surface area contributed by atoms with Gasteiger partial charge in [0.2, 0.25) is 5.88 Å². The van der Waals surface area contributed by atoms with Crippen molar-refractivity contribution in [2.75, 3.05) is 5.32 Å². The molecule has 0 aliphatic heterocycles. The van der Waals surface area contributed by atoms with Crippen molar-refractivity contribution in [3.63, 3.8) is 0 Å². The Kier molecular flexibility index (Phi) is 3.49. The molecule has 1 amide bonds. The minimum absolute atomic E-state index is 0.232. The van der Waals surface area contributed by atoms with Gasteiger partial charge in [-0.25, -0.2) is 0 Å². The zero-order valence-electron chi connectivity index (χ0n) is 11.1. The molecular formula is C15H15ClN2O2. The maximum absolute atomic E-state index is 12.2. The first-order valence-electron chi connectivity index (χ1n) is 6.68. The summed E-state index contributed by atoms with van der Waals surface area (Å²) in [6, 6.07) is 6.82. The SMILES string of the molecule is C[C@H]1CCc2noc(NC(=O)c3cccc(Cl)c3)c2C1. The summed E-state index contributed by atoms with van der Waals surface area (Å²) in [5, 5.41) is 7.36. The smallest absolute Gasteiger partial charge is 0.258 e. The summed E-state index contributed by atoms with van der Waals surface area (Å²) in [4.78, 5) is 12.2. The molecule has 1 aliphatic rings. The fourth-order valence-electron chi connectivity index (χ4n) is 2.49. The lowest BCUT2D eigenvalue weighted by molar-refractivity contribution is 0.102. The van der Waals surface area contributed by atoms with Gasteiger partial charge in [-0.2, -0.15) is 0 Å². The van der Waals surface area contributed by atoms with Crippen LogP contribution in [0.15, 0.2) is 28.8 Å². The van der Waals surface area contributed by atoms with Gasteiger partial charge >= 0.3 is 0 Å². The van der Waals surface area contributed by atoms with Crippen LogP contribution in [0.3, 0.4) is 0 Å². The molecule has 20 heavy (non-hydrogen) atoms. The average molecular weight is 291 g/mol. The van der Waals surface area contributed by atoms with Gasteiger partial charge in [0.05, 0.1) is 5.69 Å². The monoisotopic (exact) mass is 290 g/mol. The standard InChI is InChI=1S/C15H15ClN2O2/c1-9-5-6-13-12(7-9)15(20-18-13)17-14(19)10-3-2-4-11(16)8-10/h2-4,8-9H,5-7H2,1H3,(H,17,19)/t9-/m0/s1. The lowest BCUT2D eigenvalue weighted by Crippen LogP contribution is -2.15. The van der Waals surface area contributed by atoms with Crippen molar-refractivity contribution < 1.29 is 9.32 Å². The molecule has 0 saturated carbocycles. The number of carbonyl (C=O) groups excluding carboxylic acids is 1. The van der Waals surface area contributed by atoms with Crippen LogP contribution in [0.4, 0.5) is 5.88 Å². The molecule has 3 rings (SSSR count). The Balaban J connectivity index is 1.82. The third-order valence-corrected chi connectivity index (χ3v) is 3.85. The number of nitrogens with zero attached hydrogens (tertiary/aromatic N) is 1. The van der Waals surface area contributed by atoms with Crippen LogP contribution in [0.2, 0.25) is 5.02 Å². The highest BCUT2D eigenvalue weighted by molar-refractivity contribution is 6.31. The van der Waals surface area contributed by atoms with Crippen molar-refractivity contribution >= 4 is 23.4 Å². The Morgan fingerprint density at radius 2 is 2.35 bits per heavy atom. The lowest BCUT2D eigenvalue weighted by Gasteiger charge is -2.16. The average Bonchev–Trinajstić information content (AvgIpc) is 2.81. The molecule has 0 bridgehead atoms. The summed E-state index contributed by atoms with van der Waals surface area (Å²) in [7, 11) is 0. The summed E-state index contributed by atoms with van der Waals surface area (Å²) in [5.74, 6) is 0.824. The van der Waals surface area contributed by atoms with Crippen LogP contribution in [-0.4, -0.2) is 11.1 Å². The zero-order valence-corrected chi connectivity index (χ0v) is 11.9. The largest absolute Gasteiger partial charge is 0.338 e. The molecule has 0 radical (unpaired) electrons. The van der Waals surface area contributed by atoms with E-state index in [1.165, 1.54) is 0 Å². The molecular weight excluding hydrogens is 276 g/mol. The number of hydrogen-bond acceptors (Lipinski definition) is 3. The highest BCUT2D eigenvalue weighted by atomic mass is 35.5. The second-order valence-electron chi connectivity index (χ2n) is 5.25. The highest BCUT2D eigenvalue weighted by Gasteiger charge is 2.24. The van der Waals surface area contributed by atoms with Gasteiger partial charge in [0.15, 0.2) is 0 Å². The molecule has 0 spiro atoms. The number of amides is 1. The van der Waals surface area contributed by atoms with Gasteiger partial charge in [0, 0.05) is 16.1 Å². The number of halogens is 1. The molecule has 1 heterocycles. The van der Waals surface area contributed by atoms with Crippen LogP contribution in [0.1, 0.15) is 35.0 Å². The number of anilines is 1. The molecule has 2 aromatic rings. The van der Waals surface area contributed by atoms with Gasteiger partial charge in [-0.05, 0) is 43.4 Å². The van der Waals surface area contributed by atoms with Crippen LogP contribution in [-0.2, 0) is 12.8 Å². The summed E-state index contributed by atoms with van der Waals surface area (Å²) in [5.41, 5.74) is 2.50. The van der Waals surface area contributed by atoms with E-state index < -0.39 is 0 Å². The number of nitrogens with one attached hydrogen (secondary N) is 1. The number of aryl methyl sites for hydroxylation is 1. The van der Waals surface area contributed by atoms with Crippen molar-refractivity contribution in [3.8, 4) is 0 Å². The summed E-state index contributed by atoms with van der Waals surface area (Å²) >= 11 is 5.89. The van der Waals surface area contributed by atoms with E-state index >= 15 is 0 Å². The number of fused-ring (bicyclic) bond motifs is 1. The van der Waals surface area contributed by atoms with Crippen LogP contribution in [0.25, 0.3) is 0 Å². The molecule has 0 unspecified atom stereocenters. The van der Waals surface area contributed by atoms with Gasteiger partial charge < -0.3 is 4.52 Å². The maximum atomic E-state index is 12.2. The molecule has 0 fully saturated rings. The third-order valence-electron chi connectivity index (χ3n) is 3.61. The second-order valence-corrected chi connectivity index (χ2v) is 5.69. The predicted molar refractivity (Wildman–Crippen MR) is 77.1 cm³/mol. The van der Waals surface area contributed by atoms with Crippen molar-refractivity contribution in [2.45, 2.75) is 26.2 Å². The molecule has 1 aromatic heterocycles. The summed E-state index contributed by atoms with van der Waals surface area (Å²) < 4.78 is 5.27. The molecule has 1 aliphatic carbocycles. The van der Waals surface area contributed by atoms with Crippen LogP contribution < -0.4 is 5.32 Å². The van der Waals surface area contributed by atoms with E-state index in [0.717, 1.165) is 30.5 Å². The minimum atomic E-state index is -0.232. The van der Waals surface area contributed by atoms with Gasteiger partial charge in [-0.15, -0.1) is 0 Å². The van der Waals surface area contributed by atoms with Crippen molar-refractivity contribution in [2.24, 2.45) is 5.92 Å². The Labute approximate surface area is 122 Å². The van der Waals surface area contributed by atoms with Crippen LogP contribution >= 0.6 is 11.6 Å². The number of benzene rings is 1. The fourth-order valence-corrected chi connectivity index (χ4v) is 2.68. The summed E-state index contributed by atoms with van der Waals surface area (Å²) in [6.07, 6.45) is 2.91. The highest BCUT2D eigenvalue weighted by Crippen LogP contribution is 2.30. The molecule has 104 valence electrons. The number of carbonyl (C=O) groups is 1. The van der Waals surface area contributed by atoms with Gasteiger partial charge in [-0.1, -0.05) is 29.7 Å². The Morgan fingerprint density at radius 1 is 1.50 bits per heavy atom. The molecule has 0 saturated heterocycles. The lowest BCUT2D eigenvalue weighted by atomic mass is 9.89.